The molecule has 1 amide bonds. The molecule has 0 atom stereocenters. The first kappa shape index (κ1) is 20.0. The van der Waals surface area contributed by atoms with Crippen LogP contribution in [0.2, 0.25) is 0 Å². The van der Waals surface area contributed by atoms with Crippen LogP contribution in [0.1, 0.15) is 16.1 Å². The van der Waals surface area contributed by atoms with Crippen molar-refractivity contribution in [3.05, 3.63) is 90.1 Å². The minimum atomic E-state index is -0.424. The van der Waals surface area contributed by atoms with Gasteiger partial charge < -0.3 is 15.4 Å². The Morgan fingerprint density at radius 3 is 2.77 bits per heavy atom. The summed E-state index contributed by atoms with van der Waals surface area (Å²) < 4.78 is 19.9. The maximum absolute atomic E-state index is 13.1. The van der Waals surface area contributed by atoms with E-state index in [9.17, 15) is 9.18 Å². The summed E-state index contributed by atoms with van der Waals surface area (Å²) >= 11 is 0. The molecule has 0 spiro atoms. The third-order valence-electron chi connectivity index (χ3n) is 4.41. The highest BCUT2D eigenvalue weighted by atomic mass is 19.1. The molecular formula is C22H19FN6O2. The SMILES string of the molecule is COc1cccc(Cn2cc(C(=O)Nc3cccnc3Nc3ccc(F)cc3)nn2)c1. The minimum Gasteiger partial charge on any atom is -0.497 e. The second-order valence-corrected chi connectivity index (χ2v) is 6.64. The van der Waals surface area contributed by atoms with Gasteiger partial charge in [0.1, 0.15) is 11.6 Å². The van der Waals surface area contributed by atoms with Crippen LogP contribution in [-0.4, -0.2) is 33.0 Å². The Hall–Kier alpha value is -4.27. The maximum Gasteiger partial charge on any atom is 0.277 e. The average Bonchev–Trinajstić information content (AvgIpc) is 3.25. The molecule has 4 rings (SSSR count). The molecule has 2 aromatic carbocycles. The van der Waals surface area contributed by atoms with E-state index in [0.29, 0.717) is 23.7 Å². The summed E-state index contributed by atoms with van der Waals surface area (Å²) in [6.45, 7) is 0.446. The van der Waals surface area contributed by atoms with E-state index >= 15 is 0 Å². The lowest BCUT2D eigenvalue weighted by atomic mass is 10.2. The number of amides is 1. The number of ether oxygens (including phenoxy) is 1. The van der Waals surface area contributed by atoms with Gasteiger partial charge >= 0.3 is 0 Å². The second kappa shape index (κ2) is 9.04. The Balaban J connectivity index is 1.46. The Kier molecular flexibility index (Phi) is 5.84. The van der Waals surface area contributed by atoms with Crippen LogP contribution in [-0.2, 0) is 6.54 Å². The van der Waals surface area contributed by atoms with Gasteiger partial charge in [-0.05, 0) is 54.1 Å². The molecule has 2 heterocycles. The van der Waals surface area contributed by atoms with E-state index in [4.69, 9.17) is 4.74 Å². The number of hydrogen-bond donors (Lipinski definition) is 2. The number of rotatable bonds is 7. The van der Waals surface area contributed by atoms with Crippen molar-refractivity contribution in [3.8, 4) is 5.75 Å². The monoisotopic (exact) mass is 418 g/mol. The van der Waals surface area contributed by atoms with Gasteiger partial charge in [0.2, 0.25) is 0 Å². The van der Waals surface area contributed by atoms with Crippen molar-refractivity contribution in [1.82, 2.24) is 20.0 Å². The van der Waals surface area contributed by atoms with Gasteiger partial charge in [-0.2, -0.15) is 0 Å². The molecule has 0 unspecified atom stereocenters. The summed E-state index contributed by atoms with van der Waals surface area (Å²) in [6, 6.07) is 16.8. The number of carbonyl (C=O) groups is 1. The predicted octanol–water partition coefficient (Wildman–Crippen LogP) is 3.87. The van der Waals surface area contributed by atoms with Crippen molar-refractivity contribution in [2.75, 3.05) is 17.7 Å². The van der Waals surface area contributed by atoms with Crippen LogP contribution < -0.4 is 15.4 Å². The third-order valence-corrected chi connectivity index (χ3v) is 4.41. The molecule has 0 aliphatic heterocycles. The van der Waals surface area contributed by atoms with E-state index in [1.165, 1.54) is 12.1 Å². The van der Waals surface area contributed by atoms with Gasteiger partial charge in [0, 0.05) is 11.9 Å². The summed E-state index contributed by atoms with van der Waals surface area (Å²) in [6.07, 6.45) is 3.16. The van der Waals surface area contributed by atoms with E-state index in [2.05, 4.69) is 25.9 Å². The van der Waals surface area contributed by atoms with E-state index in [1.54, 1.807) is 48.5 Å². The largest absolute Gasteiger partial charge is 0.497 e. The predicted molar refractivity (Wildman–Crippen MR) is 114 cm³/mol. The van der Waals surface area contributed by atoms with E-state index < -0.39 is 5.91 Å². The first-order valence-corrected chi connectivity index (χ1v) is 9.43. The summed E-state index contributed by atoms with van der Waals surface area (Å²) in [4.78, 5) is 16.9. The summed E-state index contributed by atoms with van der Waals surface area (Å²) in [5.41, 5.74) is 2.23. The molecule has 9 heteroatoms. The fourth-order valence-electron chi connectivity index (χ4n) is 2.90. The topological polar surface area (TPSA) is 94.0 Å². The van der Waals surface area contributed by atoms with Crippen molar-refractivity contribution in [1.29, 1.82) is 0 Å². The Bertz CT molecular complexity index is 1190. The highest BCUT2D eigenvalue weighted by molar-refractivity contribution is 6.04. The molecule has 0 fully saturated rings. The minimum absolute atomic E-state index is 0.166. The molecule has 156 valence electrons. The lowest BCUT2D eigenvalue weighted by Gasteiger charge is -2.11. The van der Waals surface area contributed by atoms with Gasteiger partial charge in [0.05, 0.1) is 25.5 Å². The number of nitrogens with zero attached hydrogens (tertiary/aromatic N) is 4. The van der Waals surface area contributed by atoms with E-state index in [1.807, 2.05) is 24.3 Å². The molecule has 2 N–H and O–H groups in total. The quantitative estimate of drug-likeness (QED) is 0.473. The molecule has 0 aliphatic carbocycles. The first-order chi connectivity index (χ1) is 15.1. The van der Waals surface area contributed by atoms with Crippen LogP contribution in [0.4, 0.5) is 21.6 Å². The molecule has 0 bridgehead atoms. The molecule has 0 saturated carbocycles. The molecule has 31 heavy (non-hydrogen) atoms. The molecule has 4 aromatic rings. The van der Waals surface area contributed by atoms with Crippen molar-refractivity contribution in [2.24, 2.45) is 0 Å². The summed E-state index contributed by atoms with van der Waals surface area (Å²) in [7, 11) is 1.61. The van der Waals surface area contributed by atoms with Gasteiger partial charge in [-0.3, -0.25) is 4.79 Å². The molecule has 8 nitrogen and oxygen atoms in total. The number of halogens is 1. The maximum atomic E-state index is 13.1. The van der Waals surface area contributed by atoms with Crippen molar-refractivity contribution in [3.63, 3.8) is 0 Å². The fourth-order valence-corrected chi connectivity index (χ4v) is 2.90. The van der Waals surface area contributed by atoms with Gasteiger partial charge in [0.15, 0.2) is 11.5 Å². The molecule has 0 radical (unpaired) electrons. The zero-order valence-electron chi connectivity index (χ0n) is 16.6. The number of methoxy groups -OCH3 is 1. The smallest absolute Gasteiger partial charge is 0.277 e. The summed E-state index contributed by atoms with van der Waals surface area (Å²) in [5.74, 6) is 0.406. The van der Waals surface area contributed by atoms with Crippen LogP contribution in [0.3, 0.4) is 0 Å². The van der Waals surface area contributed by atoms with Crippen LogP contribution >= 0.6 is 0 Å². The van der Waals surface area contributed by atoms with Crippen molar-refractivity contribution >= 4 is 23.1 Å². The van der Waals surface area contributed by atoms with Gasteiger partial charge in [-0.25, -0.2) is 14.1 Å². The van der Waals surface area contributed by atoms with E-state index in [0.717, 1.165) is 11.3 Å². The number of anilines is 3. The number of benzene rings is 2. The molecule has 0 saturated heterocycles. The van der Waals surface area contributed by atoms with Crippen molar-refractivity contribution < 1.29 is 13.9 Å². The standard InChI is InChI=1S/C22H19FN6O2/c1-31-18-5-2-4-15(12-18)13-29-14-20(27-28-29)22(30)26-19-6-3-11-24-21(19)25-17-9-7-16(23)8-10-17/h2-12,14H,13H2,1H3,(H,24,25)(H,26,30). The number of nitrogens with one attached hydrogen (secondary N) is 2. The van der Waals surface area contributed by atoms with Crippen molar-refractivity contribution in [2.45, 2.75) is 6.54 Å². The number of aromatic nitrogens is 4. The number of carbonyl (C=O) groups excluding carboxylic acids is 1. The van der Waals surface area contributed by atoms with Crippen LogP contribution in [0, 0.1) is 5.82 Å². The molecular weight excluding hydrogens is 399 g/mol. The normalized spacial score (nSPS) is 10.5. The average molecular weight is 418 g/mol. The lowest BCUT2D eigenvalue weighted by molar-refractivity contribution is 0.102. The molecule has 0 aliphatic rings. The summed E-state index contributed by atoms with van der Waals surface area (Å²) in [5, 5.41) is 13.8. The lowest BCUT2D eigenvalue weighted by Crippen LogP contribution is -2.14. The Labute approximate surface area is 177 Å². The van der Waals surface area contributed by atoms with Gasteiger partial charge in [0.25, 0.3) is 5.91 Å². The van der Waals surface area contributed by atoms with Crippen LogP contribution in [0.15, 0.2) is 73.1 Å². The van der Waals surface area contributed by atoms with Crippen LogP contribution in [0.25, 0.3) is 0 Å². The number of pyridine rings is 1. The zero-order valence-corrected chi connectivity index (χ0v) is 16.6. The Morgan fingerprint density at radius 2 is 1.97 bits per heavy atom. The van der Waals surface area contributed by atoms with Crippen LogP contribution in [0.5, 0.6) is 5.75 Å². The highest BCUT2D eigenvalue weighted by Crippen LogP contribution is 2.23. The number of hydrogen-bond acceptors (Lipinski definition) is 6. The van der Waals surface area contributed by atoms with Gasteiger partial charge in [-0.15, -0.1) is 5.10 Å². The highest BCUT2D eigenvalue weighted by Gasteiger charge is 2.14. The Morgan fingerprint density at radius 1 is 1.13 bits per heavy atom. The van der Waals surface area contributed by atoms with E-state index in [-0.39, 0.29) is 11.5 Å². The third kappa shape index (κ3) is 5.02. The van der Waals surface area contributed by atoms with Gasteiger partial charge in [-0.1, -0.05) is 17.3 Å². The second-order valence-electron chi connectivity index (χ2n) is 6.64. The molecule has 2 aromatic heterocycles. The fraction of sp³-hybridized carbons (Fsp3) is 0.0909. The zero-order chi connectivity index (χ0) is 21.6. The first-order valence-electron chi connectivity index (χ1n) is 9.43.